The summed E-state index contributed by atoms with van der Waals surface area (Å²) in [5.74, 6) is 0.796. The molecular formula is C11H23N3. The maximum atomic E-state index is 5.72. The van der Waals surface area contributed by atoms with Crippen LogP contribution in [0.2, 0.25) is 0 Å². The average molecular weight is 197 g/mol. The fourth-order valence-corrected chi connectivity index (χ4v) is 1.72. The van der Waals surface area contributed by atoms with Gasteiger partial charge in [0.15, 0.2) is 0 Å². The molecule has 1 aliphatic rings. The van der Waals surface area contributed by atoms with Crippen LogP contribution in [0.3, 0.4) is 0 Å². The van der Waals surface area contributed by atoms with E-state index in [1.807, 2.05) is 0 Å². The van der Waals surface area contributed by atoms with Gasteiger partial charge in [-0.15, -0.1) is 0 Å². The molecule has 0 aromatic heterocycles. The minimum atomic E-state index is 0.381. The van der Waals surface area contributed by atoms with Crippen molar-refractivity contribution >= 4 is 5.84 Å². The van der Waals surface area contributed by atoms with E-state index in [0.717, 1.165) is 18.8 Å². The van der Waals surface area contributed by atoms with Crippen molar-refractivity contribution in [2.45, 2.75) is 33.1 Å². The van der Waals surface area contributed by atoms with E-state index in [9.17, 15) is 0 Å². The Hall–Kier alpha value is -0.570. The van der Waals surface area contributed by atoms with Crippen molar-refractivity contribution in [1.82, 2.24) is 4.90 Å². The van der Waals surface area contributed by atoms with Gasteiger partial charge in [0.2, 0.25) is 0 Å². The lowest BCUT2D eigenvalue weighted by Crippen LogP contribution is -2.38. The smallest absolute Gasteiger partial charge is 0.0934 e. The number of hydrogen-bond donors (Lipinski definition) is 1. The molecule has 2 N–H and O–H groups in total. The van der Waals surface area contributed by atoms with Crippen molar-refractivity contribution in [2.24, 2.45) is 16.1 Å². The van der Waals surface area contributed by atoms with Crippen LogP contribution >= 0.6 is 0 Å². The summed E-state index contributed by atoms with van der Waals surface area (Å²) in [5, 5.41) is 0. The van der Waals surface area contributed by atoms with E-state index >= 15 is 0 Å². The predicted molar refractivity (Wildman–Crippen MR) is 61.6 cm³/mol. The van der Waals surface area contributed by atoms with Crippen LogP contribution in [0.1, 0.15) is 33.1 Å². The van der Waals surface area contributed by atoms with E-state index in [4.69, 9.17) is 5.73 Å². The fourth-order valence-electron chi connectivity index (χ4n) is 1.72. The number of rotatable bonds is 3. The highest BCUT2D eigenvalue weighted by Crippen LogP contribution is 2.30. The van der Waals surface area contributed by atoms with Gasteiger partial charge in [0, 0.05) is 13.0 Å². The van der Waals surface area contributed by atoms with Gasteiger partial charge in [-0.3, -0.25) is 4.99 Å². The second kappa shape index (κ2) is 4.78. The van der Waals surface area contributed by atoms with Crippen LogP contribution in [0.4, 0.5) is 0 Å². The lowest BCUT2D eigenvalue weighted by Gasteiger charge is -2.36. The van der Waals surface area contributed by atoms with E-state index in [1.165, 1.54) is 25.9 Å². The molecule has 82 valence electrons. The Morgan fingerprint density at radius 1 is 1.43 bits per heavy atom. The largest absolute Gasteiger partial charge is 0.387 e. The topological polar surface area (TPSA) is 41.6 Å². The molecule has 1 saturated heterocycles. The number of nitrogens with two attached hydrogens (primary N) is 1. The Kier molecular flexibility index (Phi) is 3.93. The summed E-state index contributed by atoms with van der Waals surface area (Å²) < 4.78 is 0. The van der Waals surface area contributed by atoms with E-state index in [1.54, 1.807) is 0 Å². The van der Waals surface area contributed by atoms with Crippen molar-refractivity contribution in [3.05, 3.63) is 0 Å². The molecule has 1 aliphatic heterocycles. The van der Waals surface area contributed by atoms with Crippen molar-refractivity contribution in [2.75, 3.05) is 26.7 Å². The van der Waals surface area contributed by atoms with Crippen LogP contribution in [-0.2, 0) is 0 Å². The Balaban J connectivity index is 2.43. The monoisotopic (exact) mass is 197 g/mol. The quantitative estimate of drug-likeness (QED) is 0.550. The summed E-state index contributed by atoms with van der Waals surface area (Å²) in [6.07, 6.45) is 3.35. The highest BCUT2D eigenvalue weighted by atomic mass is 15.1. The lowest BCUT2D eigenvalue weighted by atomic mass is 9.80. The van der Waals surface area contributed by atoms with E-state index in [0.29, 0.717) is 5.41 Å². The molecule has 0 amide bonds. The standard InChI is InChI=1S/C11H23N3/c1-4-10(12)13-9-11(2)5-7-14(3)8-6-11/h4-9H2,1-3H3,(H2,12,13). The number of nitrogens with zero attached hydrogens (tertiary/aromatic N) is 2. The molecule has 1 heterocycles. The zero-order valence-electron chi connectivity index (χ0n) is 9.71. The second-order valence-corrected chi connectivity index (χ2v) is 4.78. The van der Waals surface area contributed by atoms with Gasteiger partial charge in [-0.25, -0.2) is 0 Å². The summed E-state index contributed by atoms with van der Waals surface area (Å²) >= 11 is 0. The highest BCUT2D eigenvalue weighted by Gasteiger charge is 2.28. The van der Waals surface area contributed by atoms with Gasteiger partial charge in [0.05, 0.1) is 5.84 Å². The number of likely N-dealkylation sites (tertiary alicyclic amines) is 1. The first kappa shape index (κ1) is 11.5. The van der Waals surface area contributed by atoms with Crippen LogP contribution in [0, 0.1) is 5.41 Å². The number of amidine groups is 1. The van der Waals surface area contributed by atoms with Gasteiger partial charge in [-0.1, -0.05) is 13.8 Å². The summed E-state index contributed by atoms with van der Waals surface area (Å²) in [4.78, 5) is 6.82. The van der Waals surface area contributed by atoms with E-state index in [2.05, 4.69) is 30.8 Å². The Labute approximate surface area is 87.4 Å². The lowest BCUT2D eigenvalue weighted by molar-refractivity contribution is 0.147. The molecule has 3 nitrogen and oxygen atoms in total. The summed E-state index contributed by atoms with van der Waals surface area (Å²) in [6.45, 7) is 7.67. The van der Waals surface area contributed by atoms with E-state index in [-0.39, 0.29) is 0 Å². The van der Waals surface area contributed by atoms with Gasteiger partial charge in [0.1, 0.15) is 0 Å². The normalized spacial score (nSPS) is 23.8. The molecule has 3 heteroatoms. The second-order valence-electron chi connectivity index (χ2n) is 4.78. The summed E-state index contributed by atoms with van der Waals surface area (Å²) in [7, 11) is 2.18. The molecule has 0 bridgehead atoms. The molecule has 14 heavy (non-hydrogen) atoms. The maximum Gasteiger partial charge on any atom is 0.0934 e. The van der Waals surface area contributed by atoms with Gasteiger partial charge in [-0.2, -0.15) is 0 Å². The molecule has 0 aromatic carbocycles. The molecule has 0 unspecified atom stereocenters. The zero-order chi connectivity index (χ0) is 10.6. The number of aliphatic imine (C=N–C) groups is 1. The molecule has 0 saturated carbocycles. The van der Waals surface area contributed by atoms with Crippen molar-refractivity contribution in [3.8, 4) is 0 Å². The number of piperidine rings is 1. The summed E-state index contributed by atoms with van der Waals surface area (Å²) in [6, 6.07) is 0. The zero-order valence-corrected chi connectivity index (χ0v) is 9.71. The first-order chi connectivity index (χ1) is 6.56. The predicted octanol–water partition coefficient (Wildman–Crippen LogP) is 1.49. The molecule has 1 fully saturated rings. The van der Waals surface area contributed by atoms with E-state index < -0.39 is 0 Å². The van der Waals surface area contributed by atoms with Crippen molar-refractivity contribution < 1.29 is 0 Å². The van der Waals surface area contributed by atoms with Crippen LogP contribution in [0.25, 0.3) is 0 Å². The SMILES string of the molecule is CCC(N)=NCC1(C)CCN(C)CC1. The van der Waals surface area contributed by atoms with Crippen molar-refractivity contribution in [1.29, 1.82) is 0 Å². The first-order valence-electron chi connectivity index (χ1n) is 5.53. The van der Waals surface area contributed by atoms with Crippen LogP contribution in [0.15, 0.2) is 4.99 Å². The average Bonchev–Trinajstić information content (AvgIpc) is 2.20. The van der Waals surface area contributed by atoms with Crippen LogP contribution in [-0.4, -0.2) is 37.4 Å². The highest BCUT2D eigenvalue weighted by molar-refractivity contribution is 5.79. The van der Waals surface area contributed by atoms with Gasteiger partial charge < -0.3 is 10.6 Å². The van der Waals surface area contributed by atoms with Gasteiger partial charge in [0.25, 0.3) is 0 Å². The minimum absolute atomic E-state index is 0.381. The molecule has 1 rings (SSSR count). The fraction of sp³-hybridized carbons (Fsp3) is 0.909. The Bertz CT molecular complexity index is 203. The molecule has 0 atom stereocenters. The third kappa shape index (κ3) is 3.29. The maximum absolute atomic E-state index is 5.72. The molecule has 0 radical (unpaired) electrons. The minimum Gasteiger partial charge on any atom is -0.387 e. The van der Waals surface area contributed by atoms with Gasteiger partial charge >= 0.3 is 0 Å². The Morgan fingerprint density at radius 2 is 2.00 bits per heavy atom. The molecule has 0 aliphatic carbocycles. The first-order valence-corrected chi connectivity index (χ1v) is 5.53. The third-order valence-electron chi connectivity index (χ3n) is 3.22. The van der Waals surface area contributed by atoms with Crippen LogP contribution < -0.4 is 5.73 Å². The van der Waals surface area contributed by atoms with Crippen molar-refractivity contribution in [3.63, 3.8) is 0 Å². The molecule has 0 aromatic rings. The molecule has 0 spiro atoms. The van der Waals surface area contributed by atoms with Crippen LogP contribution in [0.5, 0.6) is 0 Å². The number of hydrogen-bond acceptors (Lipinski definition) is 2. The third-order valence-corrected chi connectivity index (χ3v) is 3.22. The van der Waals surface area contributed by atoms with Gasteiger partial charge in [-0.05, 0) is 38.4 Å². The molecular weight excluding hydrogens is 174 g/mol. The Morgan fingerprint density at radius 3 is 2.50 bits per heavy atom. The summed E-state index contributed by atoms with van der Waals surface area (Å²) in [5.41, 5.74) is 6.10.